The Morgan fingerprint density at radius 1 is 0.972 bits per heavy atom. The molecular weight excluding hydrogens is 450 g/mol. The largest absolute Gasteiger partial charge is 0.383 e. The zero-order chi connectivity index (χ0) is 25.2. The summed E-state index contributed by atoms with van der Waals surface area (Å²) in [5, 5.41) is 4.34. The van der Waals surface area contributed by atoms with Gasteiger partial charge in [0.2, 0.25) is 11.9 Å². The topological polar surface area (TPSA) is 124 Å². The summed E-state index contributed by atoms with van der Waals surface area (Å²) in [6, 6.07) is 20.2. The van der Waals surface area contributed by atoms with Crippen molar-refractivity contribution in [2.45, 2.75) is 32.2 Å². The third kappa shape index (κ3) is 4.60. The Morgan fingerprint density at radius 2 is 1.78 bits per heavy atom. The van der Waals surface area contributed by atoms with Crippen LogP contribution in [0.2, 0.25) is 0 Å². The van der Waals surface area contributed by atoms with Crippen LogP contribution in [-0.2, 0) is 6.42 Å². The summed E-state index contributed by atoms with van der Waals surface area (Å²) in [4.78, 5) is 20.2. The first-order valence-electron chi connectivity index (χ1n) is 11.9. The van der Waals surface area contributed by atoms with Crippen molar-refractivity contribution in [3.63, 3.8) is 0 Å². The Kier molecular flexibility index (Phi) is 6.30. The maximum Gasteiger partial charge on any atom is 0.235 e. The van der Waals surface area contributed by atoms with E-state index in [0.717, 1.165) is 28.8 Å². The van der Waals surface area contributed by atoms with Gasteiger partial charge in [-0.25, -0.2) is 15.0 Å². The molecule has 0 saturated heterocycles. The van der Waals surface area contributed by atoms with Crippen LogP contribution in [0.1, 0.15) is 42.5 Å². The highest BCUT2D eigenvalue weighted by molar-refractivity contribution is 5.67. The second-order valence-electron chi connectivity index (χ2n) is 9.05. The number of anilines is 3. The van der Waals surface area contributed by atoms with Crippen molar-refractivity contribution < 1.29 is 0 Å². The summed E-state index contributed by atoms with van der Waals surface area (Å²) in [6.45, 7) is 4.11. The molecule has 0 aliphatic carbocycles. The van der Waals surface area contributed by atoms with Crippen molar-refractivity contribution in [3.8, 4) is 11.3 Å². The standard InChI is InChI=1S/C27H29N9/c1-17(12-19-8-7-11-21(13-19)18(2)28)22-15-30-26(34-25(22)29)35(3)27-33-23(20-9-5-4-6-10-20)14-24-31-16-32-36(24)27/h4-11,13-18H,12,28H2,1-3H3,(H2,29,30,34)/t17-,18+/m0/s1. The first-order valence-corrected chi connectivity index (χ1v) is 11.9. The Morgan fingerprint density at radius 3 is 2.53 bits per heavy atom. The number of rotatable bonds is 7. The first-order chi connectivity index (χ1) is 17.4. The number of nitrogen functional groups attached to an aromatic ring is 1. The predicted molar refractivity (Wildman–Crippen MR) is 142 cm³/mol. The lowest BCUT2D eigenvalue weighted by atomic mass is 9.93. The molecule has 0 saturated carbocycles. The van der Waals surface area contributed by atoms with E-state index in [1.54, 1.807) is 15.6 Å². The second-order valence-corrected chi connectivity index (χ2v) is 9.05. The van der Waals surface area contributed by atoms with E-state index in [4.69, 9.17) is 16.5 Å². The summed E-state index contributed by atoms with van der Waals surface area (Å²) < 4.78 is 1.66. The molecule has 5 rings (SSSR count). The van der Waals surface area contributed by atoms with E-state index >= 15 is 0 Å². The zero-order valence-corrected chi connectivity index (χ0v) is 20.6. The van der Waals surface area contributed by atoms with Crippen LogP contribution in [0.25, 0.3) is 16.9 Å². The van der Waals surface area contributed by atoms with Gasteiger partial charge in [-0.3, -0.25) is 4.90 Å². The van der Waals surface area contributed by atoms with E-state index < -0.39 is 0 Å². The molecule has 9 heteroatoms. The summed E-state index contributed by atoms with van der Waals surface area (Å²) in [5.41, 5.74) is 18.1. The van der Waals surface area contributed by atoms with E-state index in [0.29, 0.717) is 23.4 Å². The van der Waals surface area contributed by atoms with E-state index in [1.807, 2.05) is 62.5 Å². The van der Waals surface area contributed by atoms with Gasteiger partial charge >= 0.3 is 0 Å². The average molecular weight is 480 g/mol. The van der Waals surface area contributed by atoms with Crippen molar-refractivity contribution in [1.29, 1.82) is 0 Å². The lowest BCUT2D eigenvalue weighted by Crippen LogP contribution is -2.20. The molecule has 0 radical (unpaired) electrons. The summed E-state index contributed by atoms with van der Waals surface area (Å²) in [5.74, 6) is 1.54. The SMILES string of the molecule is C[C@@H](N)c1cccc(C[C@H](C)c2cnc(N(C)c3nc(-c4ccccc4)cc4ncnn34)nc2N)c1. The fourth-order valence-corrected chi connectivity index (χ4v) is 4.28. The Bertz CT molecular complexity index is 1490. The highest BCUT2D eigenvalue weighted by atomic mass is 15.4. The third-order valence-corrected chi connectivity index (χ3v) is 6.30. The van der Waals surface area contributed by atoms with Crippen LogP contribution in [-0.4, -0.2) is 36.6 Å². The zero-order valence-electron chi connectivity index (χ0n) is 20.6. The molecule has 0 bridgehead atoms. The highest BCUT2D eigenvalue weighted by Gasteiger charge is 2.19. The van der Waals surface area contributed by atoms with Crippen LogP contribution < -0.4 is 16.4 Å². The number of aromatic nitrogens is 6. The molecule has 36 heavy (non-hydrogen) atoms. The monoisotopic (exact) mass is 479 g/mol. The molecule has 5 aromatic rings. The molecule has 0 aliphatic rings. The molecular formula is C27H29N9. The average Bonchev–Trinajstić information content (AvgIpc) is 3.37. The van der Waals surface area contributed by atoms with Gasteiger partial charge in [-0.15, -0.1) is 0 Å². The van der Waals surface area contributed by atoms with E-state index in [9.17, 15) is 0 Å². The van der Waals surface area contributed by atoms with E-state index in [-0.39, 0.29) is 12.0 Å². The van der Waals surface area contributed by atoms with E-state index in [2.05, 4.69) is 39.1 Å². The molecule has 0 amide bonds. The maximum atomic E-state index is 6.43. The second kappa shape index (κ2) is 9.71. The number of hydrogen-bond acceptors (Lipinski definition) is 8. The van der Waals surface area contributed by atoms with Crippen molar-refractivity contribution in [2.24, 2.45) is 5.73 Å². The van der Waals surface area contributed by atoms with Crippen LogP contribution in [0.5, 0.6) is 0 Å². The number of nitrogens with two attached hydrogens (primary N) is 2. The Balaban J connectivity index is 1.44. The quantitative estimate of drug-likeness (QED) is 0.354. The number of benzene rings is 2. The Hall–Kier alpha value is -4.37. The van der Waals surface area contributed by atoms with Gasteiger partial charge in [0.1, 0.15) is 12.1 Å². The van der Waals surface area contributed by atoms with Gasteiger partial charge in [0.25, 0.3) is 0 Å². The van der Waals surface area contributed by atoms with Crippen molar-refractivity contribution in [1.82, 2.24) is 29.5 Å². The Labute approximate surface area is 209 Å². The lowest BCUT2D eigenvalue weighted by molar-refractivity contribution is 0.745. The van der Waals surface area contributed by atoms with Gasteiger partial charge in [-0.1, -0.05) is 61.5 Å². The van der Waals surface area contributed by atoms with Crippen LogP contribution >= 0.6 is 0 Å². The lowest BCUT2D eigenvalue weighted by Gasteiger charge is -2.20. The van der Waals surface area contributed by atoms with E-state index in [1.165, 1.54) is 11.9 Å². The van der Waals surface area contributed by atoms with Gasteiger partial charge in [0.15, 0.2) is 5.65 Å². The van der Waals surface area contributed by atoms with Gasteiger partial charge in [-0.05, 0) is 30.4 Å². The normalized spacial score (nSPS) is 13.0. The smallest absolute Gasteiger partial charge is 0.235 e. The fraction of sp³-hybridized carbons (Fsp3) is 0.222. The van der Waals surface area contributed by atoms with Crippen LogP contribution in [0.15, 0.2) is 73.2 Å². The van der Waals surface area contributed by atoms with Crippen molar-refractivity contribution in [3.05, 3.63) is 89.9 Å². The minimum Gasteiger partial charge on any atom is -0.383 e. The van der Waals surface area contributed by atoms with Crippen molar-refractivity contribution >= 4 is 23.4 Å². The minimum absolute atomic E-state index is 0.00562. The molecule has 9 nitrogen and oxygen atoms in total. The first kappa shape index (κ1) is 23.4. The molecule has 4 N–H and O–H groups in total. The molecule has 2 aromatic carbocycles. The summed E-state index contributed by atoms with van der Waals surface area (Å²) in [6.07, 6.45) is 4.11. The summed E-state index contributed by atoms with van der Waals surface area (Å²) >= 11 is 0. The number of fused-ring (bicyclic) bond motifs is 1. The maximum absolute atomic E-state index is 6.43. The third-order valence-electron chi connectivity index (χ3n) is 6.30. The fourth-order valence-electron chi connectivity index (χ4n) is 4.28. The number of nitrogens with zero attached hydrogens (tertiary/aromatic N) is 7. The predicted octanol–water partition coefficient (Wildman–Crippen LogP) is 4.30. The molecule has 0 aliphatic heterocycles. The van der Waals surface area contributed by atoms with Gasteiger partial charge in [0.05, 0.1) is 5.69 Å². The molecule has 182 valence electrons. The van der Waals surface area contributed by atoms with Gasteiger partial charge in [-0.2, -0.15) is 14.6 Å². The highest BCUT2D eigenvalue weighted by Crippen LogP contribution is 2.29. The van der Waals surface area contributed by atoms with Crippen LogP contribution in [0, 0.1) is 0 Å². The molecule has 0 unspecified atom stereocenters. The molecule has 2 atom stereocenters. The van der Waals surface area contributed by atoms with Gasteiger partial charge < -0.3 is 11.5 Å². The van der Waals surface area contributed by atoms with Crippen molar-refractivity contribution in [2.75, 3.05) is 17.7 Å². The molecule has 3 aromatic heterocycles. The molecule has 3 heterocycles. The molecule has 0 spiro atoms. The summed E-state index contributed by atoms with van der Waals surface area (Å²) in [7, 11) is 1.84. The minimum atomic E-state index is -0.00562. The van der Waals surface area contributed by atoms with Gasteiger partial charge in [0, 0.05) is 36.5 Å². The van der Waals surface area contributed by atoms with Crippen LogP contribution in [0.3, 0.4) is 0 Å². The number of hydrogen-bond donors (Lipinski definition) is 2. The van der Waals surface area contributed by atoms with Crippen LogP contribution in [0.4, 0.5) is 17.7 Å². The molecule has 0 fully saturated rings.